The maximum Gasteiger partial charge on any atom is 0.108 e. The molecule has 2 nitrogen and oxygen atoms in total. The van der Waals surface area contributed by atoms with E-state index in [2.05, 4.69) is 13.8 Å². The fraction of sp³-hybridized carbons (Fsp3) is 0.667. The number of hydrogen-bond acceptors (Lipinski definition) is 2. The molecule has 0 fully saturated rings. The van der Waals surface area contributed by atoms with Crippen molar-refractivity contribution in [2.45, 2.75) is 65.1 Å². The molecule has 1 rings (SSSR count). The number of benzene rings is 1. The molecule has 0 bridgehead atoms. The van der Waals surface area contributed by atoms with E-state index in [0.717, 1.165) is 18.4 Å². The molecule has 0 aliphatic heterocycles. The molecule has 2 heteroatoms. The van der Waals surface area contributed by atoms with Gasteiger partial charge in [0, 0.05) is 6.61 Å². The summed E-state index contributed by atoms with van der Waals surface area (Å²) in [6.45, 7) is 7.04. The summed E-state index contributed by atoms with van der Waals surface area (Å²) in [6.07, 6.45) is 5.02. The number of rotatable bonds is 10. The topological polar surface area (TPSA) is 29.5 Å². The SMILES string of the molecule is CCCCC(CC)CC(O)C(OCC)c1ccccc1. The molecule has 0 spiro atoms. The average Bonchev–Trinajstić information content (AvgIpc) is 2.49. The molecule has 1 N–H and O–H groups in total. The molecule has 0 heterocycles. The maximum absolute atomic E-state index is 10.6. The molecule has 3 atom stereocenters. The van der Waals surface area contributed by atoms with E-state index < -0.39 is 6.10 Å². The minimum absolute atomic E-state index is 0.197. The highest BCUT2D eigenvalue weighted by atomic mass is 16.5. The number of aliphatic hydroxyl groups is 1. The Bertz CT molecular complexity index is 337. The van der Waals surface area contributed by atoms with Gasteiger partial charge in [-0.2, -0.15) is 0 Å². The lowest BCUT2D eigenvalue weighted by Crippen LogP contribution is -2.24. The van der Waals surface area contributed by atoms with Gasteiger partial charge in [0.25, 0.3) is 0 Å². The summed E-state index contributed by atoms with van der Waals surface area (Å²) >= 11 is 0. The first-order valence-electron chi connectivity index (χ1n) is 8.07. The molecule has 0 aromatic heterocycles. The third-order valence-corrected chi connectivity index (χ3v) is 3.94. The standard InChI is InChI=1S/C18H30O2/c1-4-7-11-15(5-2)14-17(19)18(20-6-3)16-12-9-8-10-13-16/h8-10,12-13,15,17-19H,4-7,11,14H2,1-3H3. The zero-order valence-corrected chi connectivity index (χ0v) is 13.2. The molecule has 0 aliphatic carbocycles. The summed E-state index contributed by atoms with van der Waals surface area (Å²) in [6, 6.07) is 10.1. The molecule has 1 aromatic rings. The number of hydrogen-bond donors (Lipinski definition) is 1. The molecule has 1 aromatic carbocycles. The molecule has 0 amide bonds. The monoisotopic (exact) mass is 278 g/mol. The van der Waals surface area contributed by atoms with Gasteiger partial charge in [0.1, 0.15) is 6.10 Å². The van der Waals surface area contributed by atoms with Crippen LogP contribution in [0.25, 0.3) is 0 Å². The summed E-state index contributed by atoms with van der Waals surface area (Å²) in [5.41, 5.74) is 1.08. The van der Waals surface area contributed by atoms with Gasteiger partial charge >= 0.3 is 0 Å². The number of ether oxygens (including phenoxy) is 1. The second-order valence-corrected chi connectivity index (χ2v) is 5.51. The van der Waals surface area contributed by atoms with E-state index in [0.29, 0.717) is 12.5 Å². The molecule has 3 unspecified atom stereocenters. The van der Waals surface area contributed by atoms with Crippen molar-refractivity contribution in [2.75, 3.05) is 6.61 Å². The van der Waals surface area contributed by atoms with Gasteiger partial charge in [-0.25, -0.2) is 0 Å². The summed E-state index contributed by atoms with van der Waals surface area (Å²) in [4.78, 5) is 0. The van der Waals surface area contributed by atoms with Crippen LogP contribution in [0.5, 0.6) is 0 Å². The Kier molecular flexibility index (Phi) is 8.56. The smallest absolute Gasteiger partial charge is 0.108 e. The minimum Gasteiger partial charge on any atom is -0.390 e. The van der Waals surface area contributed by atoms with Crippen molar-refractivity contribution in [1.82, 2.24) is 0 Å². The molecular weight excluding hydrogens is 248 g/mol. The predicted molar refractivity (Wildman–Crippen MR) is 84.7 cm³/mol. The van der Waals surface area contributed by atoms with Gasteiger partial charge in [-0.3, -0.25) is 0 Å². The predicted octanol–water partition coefficient (Wildman–Crippen LogP) is 4.73. The zero-order chi connectivity index (χ0) is 14.8. The lowest BCUT2D eigenvalue weighted by Gasteiger charge is -2.26. The fourth-order valence-corrected chi connectivity index (χ4v) is 2.70. The zero-order valence-electron chi connectivity index (χ0n) is 13.2. The normalized spacial score (nSPS) is 15.8. The van der Waals surface area contributed by atoms with E-state index in [1.54, 1.807) is 0 Å². The van der Waals surface area contributed by atoms with Crippen LogP contribution < -0.4 is 0 Å². The molecule has 0 saturated heterocycles. The van der Waals surface area contributed by atoms with Crippen LogP contribution >= 0.6 is 0 Å². The Morgan fingerprint density at radius 1 is 1.10 bits per heavy atom. The Labute approximate surface area is 124 Å². The lowest BCUT2D eigenvalue weighted by atomic mass is 9.89. The van der Waals surface area contributed by atoms with Crippen molar-refractivity contribution in [3.8, 4) is 0 Å². The van der Waals surface area contributed by atoms with Crippen LogP contribution in [0.1, 0.15) is 64.5 Å². The quantitative estimate of drug-likeness (QED) is 0.670. The molecule has 0 aliphatic rings. The highest BCUT2D eigenvalue weighted by Crippen LogP contribution is 2.28. The fourth-order valence-electron chi connectivity index (χ4n) is 2.70. The molecular formula is C18H30O2. The third-order valence-electron chi connectivity index (χ3n) is 3.94. The highest BCUT2D eigenvalue weighted by molar-refractivity contribution is 5.18. The number of unbranched alkanes of at least 4 members (excludes halogenated alkanes) is 1. The van der Waals surface area contributed by atoms with Gasteiger partial charge in [-0.05, 0) is 24.8 Å². The van der Waals surface area contributed by atoms with Gasteiger partial charge in [0.15, 0.2) is 0 Å². The summed E-state index contributed by atoms with van der Waals surface area (Å²) in [5.74, 6) is 0.594. The summed E-state index contributed by atoms with van der Waals surface area (Å²) < 4.78 is 5.79. The van der Waals surface area contributed by atoms with Crippen LogP contribution in [-0.2, 0) is 4.74 Å². The highest BCUT2D eigenvalue weighted by Gasteiger charge is 2.24. The first kappa shape index (κ1) is 17.2. The van der Waals surface area contributed by atoms with Gasteiger partial charge in [0.05, 0.1) is 6.10 Å². The van der Waals surface area contributed by atoms with Gasteiger partial charge in [-0.15, -0.1) is 0 Å². The van der Waals surface area contributed by atoms with Crippen LogP contribution in [0.15, 0.2) is 30.3 Å². The van der Waals surface area contributed by atoms with Crippen molar-refractivity contribution in [1.29, 1.82) is 0 Å². The van der Waals surface area contributed by atoms with E-state index in [4.69, 9.17) is 4.74 Å². The van der Waals surface area contributed by atoms with Crippen molar-refractivity contribution in [3.05, 3.63) is 35.9 Å². The molecule has 0 radical (unpaired) electrons. The van der Waals surface area contributed by atoms with Crippen LogP contribution in [0.3, 0.4) is 0 Å². The summed E-state index contributed by atoms with van der Waals surface area (Å²) in [5, 5.41) is 10.6. The van der Waals surface area contributed by atoms with Gasteiger partial charge in [0.2, 0.25) is 0 Å². The van der Waals surface area contributed by atoms with E-state index >= 15 is 0 Å². The van der Waals surface area contributed by atoms with Crippen molar-refractivity contribution < 1.29 is 9.84 Å². The molecule has 20 heavy (non-hydrogen) atoms. The van der Waals surface area contributed by atoms with E-state index in [1.807, 2.05) is 37.3 Å². The van der Waals surface area contributed by atoms with Crippen molar-refractivity contribution in [3.63, 3.8) is 0 Å². The van der Waals surface area contributed by atoms with Crippen LogP contribution in [0.2, 0.25) is 0 Å². The van der Waals surface area contributed by atoms with E-state index in [9.17, 15) is 5.11 Å². The molecule has 0 saturated carbocycles. The van der Waals surface area contributed by atoms with Crippen LogP contribution in [0, 0.1) is 5.92 Å². The van der Waals surface area contributed by atoms with E-state index in [-0.39, 0.29) is 6.10 Å². The number of aliphatic hydroxyl groups excluding tert-OH is 1. The Morgan fingerprint density at radius 2 is 1.80 bits per heavy atom. The average molecular weight is 278 g/mol. The lowest BCUT2D eigenvalue weighted by molar-refractivity contribution is -0.0448. The Balaban J connectivity index is 2.66. The second kappa shape index (κ2) is 9.95. The van der Waals surface area contributed by atoms with Gasteiger partial charge in [-0.1, -0.05) is 69.9 Å². The first-order chi connectivity index (χ1) is 9.72. The minimum atomic E-state index is -0.417. The Hall–Kier alpha value is -0.860. The van der Waals surface area contributed by atoms with E-state index in [1.165, 1.54) is 19.3 Å². The third kappa shape index (κ3) is 5.64. The molecule has 114 valence electrons. The van der Waals surface area contributed by atoms with Crippen molar-refractivity contribution >= 4 is 0 Å². The van der Waals surface area contributed by atoms with Crippen molar-refractivity contribution in [2.24, 2.45) is 5.92 Å². The van der Waals surface area contributed by atoms with Gasteiger partial charge < -0.3 is 9.84 Å². The first-order valence-corrected chi connectivity index (χ1v) is 8.07. The largest absolute Gasteiger partial charge is 0.390 e. The second-order valence-electron chi connectivity index (χ2n) is 5.51. The Morgan fingerprint density at radius 3 is 2.35 bits per heavy atom. The maximum atomic E-state index is 10.6. The summed E-state index contributed by atoms with van der Waals surface area (Å²) in [7, 11) is 0. The van der Waals surface area contributed by atoms with Crippen LogP contribution in [-0.4, -0.2) is 17.8 Å². The van der Waals surface area contributed by atoms with Crippen LogP contribution in [0.4, 0.5) is 0 Å².